The number of hydrogen-bond acceptors (Lipinski definition) is 1. The van der Waals surface area contributed by atoms with Crippen molar-refractivity contribution in [3.05, 3.63) is 23.3 Å². The Kier molecular flexibility index (Phi) is 3.26. The number of carbonyl (C=O) groups is 1. The molecule has 0 heterocycles. The minimum absolute atomic E-state index is 0. The van der Waals surface area contributed by atoms with E-state index in [9.17, 15) is 4.79 Å². The van der Waals surface area contributed by atoms with Gasteiger partial charge >= 0.3 is 0 Å². The molecule has 0 atom stereocenters. The first kappa shape index (κ1) is 8.13. The van der Waals surface area contributed by atoms with Gasteiger partial charge in [0.25, 0.3) is 0 Å². The molecule has 0 bridgehead atoms. The van der Waals surface area contributed by atoms with Crippen molar-refractivity contribution < 1.29 is 25.9 Å². The maximum absolute atomic E-state index is 10.2. The van der Waals surface area contributed by atoms with Crippen LogP contribution in [0.3, 0.4) is 0 Å². The molecule has 0 saturated carbocycles. The first-order valence-electron chi connectivity index (χ1n) is 1.80. The largest absolute Gasteiger partial charge is 0.320 e. The smallest absolute Gasteiger partial charge is 0.0581 e. The Morgan fingerprint density at radius 2 is 2.12 bits per heavy atom. The van der Waals surface area contributed by atoms with Crippen LogP contribution in [-0.2, 0) is 25.9 Å². The van der Waals surface area contributed by atoms with Crippen molar-refractivity contribution in [1.82, 2.24) is 0 Å². The zero-order valence-corrected chi connectivity index (χ0v) is 6.61. The molecule has 0 fully saturated rings. The second-order valence-electron chi connectivity index (χ2n) is 1.17. The van der Waals surface area contributed by atoms with Crippen molar-refractivity contribution in [2.24, 2.45) is 0 Å². The van der Waals surface area contributed by atoms with Gasteiger partial charge in [0.1, 0.15) is 0 Å². The average Bonchev–Trinajstić information content (AvgIpc) is 1.87. The number of hydrogen-bond donors (Lipinski definition) is 0. The van der Waals surface area contributed by atoms with E-state index >= 15 is 0 Å². The number of allylic oxidation sites excluding steroid dienone is 4. The molecule has 0 aromatic heterocycles. The third-order valence-corrected chi connectivity index (χ3v) is 0.844. The summed E-state index contributed by atoms with van der Waals surface area (Å²) in [6.07, 6.45) is 5.24. The molecular weight excluding hydrogens is 207 g/mol. The van der Waals surface area contributed by atoms with Crippen LogP contribution in [0.1, 0.15) is 0 Å². The quantitative estimate of drug-likeness (QED) is 0.430. The molecule has 42 valence electrons. The molecule has 0 aliphatic heterocycles. The van der Waals surface area contributed by atoms with Crippen LogP contribution in [0.25, 0.3) is 0 Å². The molecule has 0 aromatic carbocycles. The van der Waals surface area contributed by atoms with Gasteiger partial charge in [-0.05, 0) is 0 Å². The molecule has 1 aliphatic rings. The molecule has 1 nitrogen and oxygen atoms in total. The van der Waals surface area contributed by atoms with Gasteiger partial charge in [-0.25, -0.2) is 0 Å². The molecule has 0 N–H and O–H groups in total. The molecular formula is C5H2ClMoO-. The molecule has 3 heteroatoms. The maximum atomic E-state index is 10.2. The summed E-state index contributed by atoms with van der Waals surface area (Å²) in [5.41, 5.74) is 0. The zero-order chi connectivity index (χ0) is 5.28. The van der Waals surface area contributed by atoms with Gasteiger partial charge in [-0.3, -0.25) is 0 Å². The van der Waals surface area contributed by atoms with Gasteiger partial charge in [-0.15, -0.1) is 17.7 Å². The predicted molar refractivity (Wildman–Crippen MR) is 26.8 cm³/mol. The van der Waals surface area contributed by atoms with Crippen LogP contribution in [0.5, 0.6) is 0 Å². The van der Waals surface area contributed by atoms with Crippen molar-refractivity contribution in [2.75, 3.05) is 0 Å². The second-order valence-corrected chi connectivity index (χ2v) is 1.58. The SMILES string of the molecule is O=C1[C-]=C(Cl)C=C1.[Mo]. The number of halogens is 1. The summed E-state index contributed by atoms with van der Waals surface area (Å²) in [6, 6.07) is 0. The summed E-state index contributed by atoms with van der Waals surface area (Å²) in [6.45, 7) is 0. The Labute approximate surface area is 66.7 Å². The molecule has 0 unspecified atom stereocenters. The number of carbonyl (C=O) groups excluding carboxylic acids is 1. The molecule has 0 amide bonds. The Hall–Kier alpha value is 0.128. The number of rotatable bonds is 0. The molecule has 0 aromatic rings. The molecule has 8 heavy (non-hydrogen) atoms. The van der Waals surface area contributed by atoms with Crippen molar-refractivity contribution in [2.45, 2.75) is 0 Å². The average molecular weight is 209 g/mol. The molecule has 1 rings (SSSR count). The fraction of sp³-hybridized carbons (Fsp3) is 0. The van der Waals surface area contributed by atoms with Gasteiger partial charge < -0.3 is 4.79 Å². The van der Waals surface area contributed by atoms with E-state index in [1.807, 2.05) is 0 Å². The van der Waals surface area contributed by atoms with Crippen LogP contribution >= 0.6 is 11.6 Å². The monoisotopic (exact) mass is 211 g/mol. The van der Waals surface area contributed by atoms with E-state index in [2.05, 4.69) is 6.08 Å². The van der Waals surface area contributed by atoms with Crippen molar-refractivity contribution in [3.8, 4) is 0 Å². The van der Waals surface area contributed by atoms with Crippen LogP contribution in [-0.4, -0.2) is 5.78 Å². The summed E-state index contributed by atoms with van der Waals surface area (Å²) in [5.74, 6) is -0.148. The van der Waals surface area contributed by atoms with E-state index in [1.165, 1.54) is 12.2 Å². The van der Waals surface area contributed by atoms with Crippen LogP contribution in [0.15, 0.2) is 17.2 Å². The first-order valence-corrected chi connectivity index (χ1v) is 2.18. The van der Waals surface area contributed by atoms with Crippen LogP contribution < -0.4 is 0 Å². The van der Waals surface area contributed by atoms with E-state index in [0.29, 0.717) is 5.03 Å². The minimum Gasteiger partial charge on any atom is -0.320 e. The Balaban J connectivity index is 0.000000490. The fourth-order valence-electron chi connectivity index (χ4n) is 0.350. The van der Waals surface area contributed by atoms with E-state index in [0.717, 1.165) is 0 Å². The van der Waals surface area contributed by atoms with E-state index in [1.54, 1.807) is 0 Å². The van der Waals surface area contributed by atoms with Crippen molar-refractivity contribution in [1.29, 1.82) is 0 Å². The van der Waals surface area contributed by atoms with E-state index in [-0.39, 0.29) is 26.8 Å². The number of ketones is 1. The van der Waals surface area contributed by atoms with E-state index in [4.69, 9.17) is 11.6 Å². The van der Waals surface area contributed by atoms with Crippen LogP contribution in [0.4, 0.5) is 0 Å². The first-order chi connectivity index (χ1) is 3.29. The molecule has 0 spiro atoms. The summed E-state index contributed by atoms with van der Waals surface area (Å²) in [7, 11) is 0. The van der Waals surface area contributed by atoms with Gasteiger partial charge in [-0.2, -0.15) is 12.2 Å². The van der Waals surface area contributed by atoms with Gasteiger partial charge in [0.15, 0.2) is 0 Å². The Bertz CT molecular complexity index is 160. The summed E-state index contributed by atoms with van der Waals surface area (Å²) in [5, 5.41) is 0.394. The molecule has 0 saturated heterocycles. The van der Waals surface area contributed by atoms with Crippen molar-refractivity contribution >= 4 is 17.4 Å². The van der Waals surface area contributed by atoms with Gasteiger partial charge in [-0.1, -0.05) is 5.03 Å². The summed E-state index contributed by atoms with van der Waals surface area (Å²) >= 11 is 5.30. The fourth-order valence-corrected chi connectivity index (χ4v) is 0.506. The zero-order valence-electron chi connectivity index (χ0n) is 3.85. The van der Waals surface area contributed by atoms with Crippen LogP contribution in [0.2, 0.25) is 0 Å². The Morgan fingerprint density at radius 1 is 1.50 bits per heavy atom. The normalized spacial score (nSPS) is 15.6. The second kappa shape index (κ2) is 3.21. The topological polar surface area (TPSA) is 17.1 Å². The third kappa shape index (κ3) is 1.93. The molecule has 1 aliphatic carbocycles. The van der Waals surface area contributed by atoms with Gasteiger partial charge in [0, 0.05) is 21.1 Å². The Morgan fingerprint density at radius 3 is 2.25 bits per heavy atom. The molecule has 0 radical (unpaired) electrons. The predicted octanol–water partition coefficient (Wildman–Crippen LogP) is 1.05. The standard InChI is InChI=1S/C5H2ClO.Mo/c6-4-1-2-5(7)3-4;/h1-2H;/q-1;. The van der Waals surface area contributed by atoms with Gasteiger partial charge in [0.05, 0.1) is 5.78 Å². The maximum Gasteiger partial charge on any atom is 0.0581 e. The van der Waals surface area contributed by atoms with Crippen LogP contribution in [0, 0.1) is 6.08 Å². The van der Waals surface area contributed by atoms with E-state index < -0.39 is 0 Å². The summed E-state index contributed by atoms with van der Waals surface area (Å²) < 4.78 is 0. The summed E-state index contributed by atoms with van der Waals surface area (Å²) in [4.78, 5) is 10.2. The van der Waals surface area contributed by atoms with Crippen molar-refractivity contribution in [3.63, 3.8) is 0 Å². The van der Waals surface area contributed by atoms with Gasteiger partial charge in [0.2, 0.25) is 0 Å². The third-order valence-electron chi connectivity index (χ3n) is 0.624. The minimum atomic E-state index is -0.148.